The number of hydrogen-bond donors (Lipinski definition) is 1. The molecule has 1 N–H and O–H groups in total. The largest absolute Gasteiger partial charge is 0.378 e. The van der Waals surface area contributed by atoms with Gasteiger partial charge in [-0.05, 0) is 30.3 Å². The first-order valence-electron chi connectivity index (χ1n) is 7.03. The summed E-state index contributed by atoms with van der Waals surface area (Å²) in [5.41, 5.74) is 1.49. The van der Waals surface area contributed by atoms with Crippen LogP contribution in [0.25, 0.3) is 0 Å². The summed E-state index contributed by atoms with van der Waals surface area (Å²) in [6, 6.07) is 12.0. The fourth-order valence-electron chi connectivity index (χ4n) is 2.36. The second-order valence-electron chi connectivity index (χ2n) is 4.91. The molecule has 1 saturated heterocycles. The van der Waals surface area contributed by atoms with Crippen LogP contribution in [-0.2, 0) is 4.74 Å². The molecule has 1 aliphatic rings. The predicted octanol–water partition coefficient (Wildman–Crippen LogP) is 2.67. The van der Waals surface area contributed by atoms with Crippen LogP contribution in [0, 0.1) is 17.1 Å². The summed E-state index contributed by atoms with van der Waals surface area (Å²) in [5.74, 6) is 0.223. The molecule has 22 heavy (non-hydrogen) atoms. The van der Waals surface area contributed by atoms with Crippen molar-refractivity contribution < 1.29 is 9.13 Å². The molecule has 1 aromatic carbocycles. The lowest BCUT2D eigenvalue weighted by Crippen LogP contribution is -2.36. The molecule has 1 aromatic heterocycles. The molecule has 2 aromatic rings. The van der Waals surface area contributed by atoms with Gasteiger partial charge in [0, 0.05) is 18.8 Å². The highest BCUT2D eigenvalue weighted by atomic mass is 19.1. The van der Waals surface area contributed by atoms with Crippen LogP contribution in [0.4, 0.5) is 21.6 Å². The van der Waals surface area contributed by atoms with Crippen molar-refractivity contribution in [2.75, 3.05) is 36.5 Å². The molecule has 112 valence electrons. The van der Waals surface area contributed by atoms with Gasteiger partial charge < -0.3 is 15.0 Å². The number of morpholine rings is 1. The number of rotatable bonds is 3. The Morgan fingerprint density at radius 2 is 2.05 bits per heavy atom. The number of hydrogen-bond acceptors (Lipinski definition) is 5. The van der Waals surface area contributed by atoms with E-state index in [-0.39, 0.29) is 5.82 Å². The van der Waals surface area contributed by atoms with E-state index in [1.54, 1.807) is 30.3 Å². The summed E-state index contributed by atoms with van der Waals surface area (Å²) in [4.78, 5) is 6.08. The van der Waals surface area contributed by atoms with E-state index in [9.17, 15) is 4.39 Å². The van der Waals surface area contributed by atoms with E-state index in [0.717, 1.165) is 0 Å². The number of benzene rings is 1. The molecule has 0 spiro atoms. The highest BCUT2D eigenvalue weighted by molar-refractivity contribution is 5.62. The van der Waals surface area contributed by atoms with E-state index in [2.05, 4.69) is 10.3 Å². The zero-order valence-corrected chi connectivity index (χ0v) is 11.9. The lowest BCUT2D eigenvalue weighted by molar-refractivity contribution is 0.122. The van der Waals surface area contributed by atoms with Gasteiger partial charge in [0.25, 0.3) is 0 Å². The van der Waals surface area contributed by atoms with Crippen molar-refractivity contribution in [1.29, 1.82) is 5.26 Å². The second kappa shape index (κ2) is 6.41. The molecule has 0 unspecified atom stereocenters. The highest BCUT2D eigenvalue weighted by Crippen LogP contribution is 2.25. The molecule has 0 saturated carbocycles. The number of nitrogens with zero attached hydrogens (tertiary/aromatic N) is 3. The average molecular weight is 298 g/mol. The molecule has 1 fully saturated rings. The Bertz CT molecular complexity index is 708. The number of aromatic nitrogens is 1. The summed E-state index contributed by atoms with van der Waals surface area (Å²) in [5, 5.41) is 11.8. The zero-order chi connectivity index (χ0) is 15.4. The average Bonchev–Trinajstić information content (AvgIpc) is 2.56. The first-order valence-corrected chi connectivity index (χ1v) is 7.03. The summed E-state index contributed by atoms with van der Waals surface area (Å²) in [7, 11) is 0. The second-order valence-corrected chi connectivity index (χ2v) is 4.91. The maximum Gasteiger partial charge on any atom is 0.148 e. The third-order valence-electron chi connectivity index (χ3n) is 3.44. The van der Waals surface area contributed by atoms with Gasteiger partial charge >= 0.3 is 0 Å². The highest BCUT2D eigenvalue weighted by Gasteiger charge is 2.15. The molecule has 2 heterocycles. The number of pyridine rings is 1. The lowest BCUT2D eigenvalue weighted by Gasteiger charge is -2.29. The van der Waals surface area contributed by atoms with Gasteiger partial charge in [-0.25, -0.2) is 9.37 Å². The van der Waals surface area contributed by atoms with Crippen LogP contribution >= 0.6 is 0 Å². The summed E-state index contributed by atoms with van der Waals surface area (Å²) in [6.45, 7) is 2.61. The van der Waals surface area contributed by atoms with Crippen molar-refractivity contribution in [3.63, 3.8) is 0 Å². The van der Waals surface area contributed by atoms with E-state index in [1.165, 1.54) is 6.07 Å². The first kappa shape index (κ1) is 14.3. The Hall–Kier alpha value is -2.65. The van der Waals surface area contributed by atoms with E-state index in [1.807, 2.05) is 11.0 Å². The Kier molecular flexibility index (Phi) is 4.17. The standard InChI is InChI=1S/C16H15FN4O/c17-14-10-12(19-16-3-1-2-13(11-18)20-16)4-5-15(14)21-6-8-22-9-7-21/h1-5,10H,6-9H2,(H,19,20). The van der Waals surface area contributed by atoms with Crippen LogP contribution in [0.5, 0.6) is 0 Å². The number of halogens is 1. The van der Waals surface area contributed by atoms with Gasteiger partial charge in [0.2, 0.25) is 0 Å². The van der Waals surface area contributed by atoms with Gasteiger partial charge in [-0.15, -0.1) is 0 Å². The minimum absolute atomic E-state index is 0.289. The Morgan fingerprint density at radius 3 is 2.77 bits per heavy atom. The third-order valence-corrected chi connectivity index (χ3v) is 3.44. The van der Waals surface area contributed by atoms with Crippen molar-refractivity contribution >= 4 is 17.2 Å². The molecular formula is C16H15FN4O. The SMILES string of the molecule is N#Cc1cccc(Nc2ccc(N3CCOCC3)c(F)c2)n1. The van der Waals surface area contributed by atoms with E-state index < -0.39 is 0 Å². The van der Waals surface area contributed by atoms with Crippen molar-refractivity contribution in [2.24, 2.45) is 0 Å². The summed E-state index contributed by atoms with van der Waals surface area (Å²) >= 11 is 0. The summed E-state index contributed by atoms with van der Waals surface area (Å²) in [6.07, 6.45) is 0. The Balaban J connectivity index is 1.78. The van der Waals surface area contributed by atoms with Gasteiger partial charge in [0.15, 0.2) is 0 Å². The van der Waals surface area contributed by atoms with Gasteiger partial charge in [0.05, 0.1) is 18.9 Å². The monoisotopic (exact) mass is 298 g/mol. The number of ether oxygens (including phenoxy) is 1. The van der Waals surface area contributed by atoms with Gasteiger partial charge in [0.1, 0.15) is 23.4 Å². The quantitative estimate of drug-likeness (QED) is 0.944. The van der Waals surface area contributed by atoms with Crippen LogP contribution in [0.15, 0.2) is 36.4 Å². The van der Waals surface area contributed by atoms with Crippen LogP contribution in [-0.4, -0.2) is 31.3 Å². The molecular weight excluding hydrogens is 283 g/mol. The van der Waals surface area contributed by atoms with Crippen molar-refractivity contribution in [3.05, 3.63) is 47.9 Å². The Morgan fingerprint density at radius 1 is 1.23 bits per heavy atom. The van der Waals surface area contributed by atoms with Crippen molar-refractivity contribution in [3.8, 4) is 6.07 Å². The number of nitrogens with one attached hydrogen (secondary N) is 1. The van der Waals surface area contributed by atoms with Crippen LogP contribution in [0.3, 0.4) is 0 Å². The topological polar surface area (TPSA) is 61.2 Å². The molecule has 5 nitrogen and oxygen atoms in total. The maximum absolute atomic E-state index is 14.3. The zero-order valence-electron chi connectivity index (χ0n) is 11.9. The predicted molar refractivity (Wildman–Crippen MR) is 81.7 cm³/mol. The van der Waals surface area contributed by atoms with Gasteiger partial charge in [-0.3, -0.25) is 0 Å². The normalized spacial score (nSPS) is 14.5. The minimum Gasteiger partial charge on any atom is -0.378 e. The molecule has 6 heteroatoms. The fourth-order valence-corrected chi connectivity index (χ4v) is 2.36. The van der Waals surface area contributed by atoms with Crippen LogP contribution in [0.1, 0.15) is 5.69 Å². The molecule has 1 aliphatic heterocycles. The van der Waals surface area contributed by atoms with E-state index in [4.69, 9.17) is 10.00 Å². The Labute approximate surface area is 128 Å². The third kappa shape index (κ3) is 3.15. The lowest BCUT2D eigenvalue weighted by atomic mass is 10.2. The summed E-state index contributed by atoms with van der Waals surface area (Å²) < 4.78 is 19.6. The molecule has 0 amide bonds. The van der Waals surface area contributed by atoms with Gasteiger partial charge in [-0.2, -0.15) is 5.26 Å². The molecule has 0 bridgehead atoms. The molecule has 0 atom stereocenters. The fraction of sp³-hybridized carbons (Fsp3) is 0.250. The van der Waals surface area contributed by atoms with Crippen LogP contribution < -0.4 is 10.2 Å². The minimum atomic E-state index is -0.289. The maximum atomic E-state index is 14.3. The van der Waals surface area contributed by atoms with Crippen molar-refractivity contribution in [1.82, 2.24) is 4.98 Å². The smallest absolute Gasteiger partial charge is 0.148 e. The number of anilines is 3. The van der Waals surface area contributed by atoms with Gasteiger partial charge in [-0.1, -0.05) is 6.07 Å². The van der Waals surface area contributed by atoms with E-state index in [0.29, 0.717) is 49.2 Å². The first-order chi connectivity index (χ1) is 10.8. The molecule has 3 rings (SSSR count). The van der Waals surface area contributed by atoms with Crippen LogP contribution in [0.2, 0.25) is 0 Å². The van der Waals surface area contributed by atoms with E-state index >= 15 is 0 Å². The number of nitriles is 1. The van der Waals surface area contributed by atoms with Crippen molar-refractivity contribution in [2.45, 2.75) is 0 Å². The molecule has 0 aliphatic carbocycles. The molecule has 0 radical (unpaired) electrons.